The molecule has 0 aliphatic carbocycles. The van der Waals surface area contributed by atoms with E-state index in [1.807, 2.05) is 6.92 Å². The van der Waals surface area contributed by atoms with Crippen LogP contribution in [0.25, 0.3) is 0 Å². The number of rotatable bonds is 3. The maximum absolute atomic E-state index is 10.2. The van der Waals surface area contributed by atoms with E-state index in [1.54, 1.807) is 11.8 Å². The minimum absolute atomic E-state index is 0.519. The maximum Gasteiger partial charge on any atom is 0.187 e. The molecule has 0 N–H and O–H groups in total. The molecule has 4 heteroatoms. The van der Waals surface area contributed by atoms with Crippen LogP contribution in [0.1, 0.15) is 17.3 Å². The van der Waals surface area contributed by atoms with Gasteiger partial charge in [-0.3, -0.25) is 4.79 Å². The zero-order valence-electron chi connectivity index (χ0n) is 6.15. The molecule has 11 heavy (non-hydrogen) atoms. The van der Waals surface area contributed by atoms with E-state index in [4.69, 9.17) is 0 Å². The first kappa shape index (κ1) is 8.20. The number of aldehydes is 1. The summed E-state index contributed by atoms with van der Waals surface area (Å²) in [6.07, 6.45) is 3.79. The molecule has 0 fully saturated rings. The third kappa shape index (κ3) is 2.31. The molecule has 0 unspecified atom stereocenters. The highest BCUT2D eigenvalue weighted by Crippen LogP contribution is 2.09. The molecule has 3 nitrogen and oxygen atoms in total. The van der Waals surface area contributed by atoms with E-state index in [-0.39, 0.29) is 0 Å². The summed E-state index contributed by atoms with van der Waals surface area (Å²) in [6.45, 7) is 2.03. The second kappa shape index (κ2) is 4.08. The van der Waals surface area contributed by atoms with Crippen molar-refractivity contribution in [2.24, 2.45) is 0 Å². The van der Waals surface area contributed by atoms with E-state index in [2.05, 4.69) is 9.97 Å². The minimum Gasteiger partial charge on any atom is -0.298 e. The van der Waals surface area contributed by atoms with Crippen molar-refractivity contribution in [3.8, 4) is 0 Å². The molecule has 0 amide bonds. The van der Waals surface area contributed by atoms with Crippen molar-refractivity contribution >= 4 is 18.0 Å². The molecule has 0 saturated carbocycles. The summed E-state index contributed by atoms with van der Waals surface area (Å²) in [5, 5.41) is 0.720. The van der Waals surface area contributed by atoms with E-state index in [9.17, 15) is 4.79 Å². The maximum atomic E-state index is 10.2. The summed E-state index contributed by atoms with van der Waals surface area (Å²) in [5.74, 6) is 0.945. The van der Waals surface area contributed by atoms with Crippen molar-refractivity contribution in [1.82, 2.24) is 9.97 Å². The number of carbonyl (C=O) groups excluding carboxylic acids is 1. The average molecular weight is 168 g/mol. The lowest BCUT2D eigenvalue weighted by atomic mass is 10.4. The fourth-order valence-corrected chi connectivity index (χ4v) is 1.10. The third-order valence-corrected chi connectivity index (χ3v) is 1.82. The first-order valence-electron chi connectivity index (χ1n) is 3.27. The molecule has 0 aliphatic heterocycles. The summed E-state index contributed by atoms with van der Waals surface area (Å²) in [7, 11) is 0. The number of nitrogens with zero attached hydrogens (tertiary/aromatic N) is 2. The quantitative estimate of drug-likeness (QED) is 0.388. The molecule has 0 spiro atoms. The first-order chi connectivity index (χ1) is 5.36. The van der Waals surface area contributed by atoms with E-state index in [1.165, 1.54) is 12.4 Å². The highest BCUT2D eigenvalue weighted by atomic mass is 32.2. The van der Waals surface area contributed by atoms with Crippen LogP contribution in [-0.4, -0.2) is 22.0 Å². The van der Waals surface area contributed by atoms with Gasteiger partial charge in [-0.15, -0.1) is 0 Å². The highest BCUT2D eigenvalue weighted by Gasteiger charge is 1.94. The van der Waals surface area contributed by atoms with Gasteiger partial charge in [-0.25, -0.2) is 9.97 Å². The third-order valence-electron chi connectivity index (χ3n) is 1.06. The molecule has 0 aromatic carbocycles. The van der Waals surface area contributed by atoms with Crippen molar-refractivity contribution < 1.29 is 4.79 Å². The molecular weight excluding hydrogens is 160 g/mol. The van der Waals surface area contributed by atoms with E-state index >= 15 is 0 Å². The molecule has 0 radical (unpaired) electrons. The van der Waals surface area contributed by atoms with Crippen LogP contribution in [0.5, 0.6) is 0 Å². The Labute approximate surface area is 69.3 Å². The fourth-order valence-electron chi connectivity index (χ4n) is 0.591. The lowest BCUT2D eigenvalue weighted by molar-refractivity contribution is 0.112. The van der Waals surface area contributed by atoms with Crippen LogP contribution in [0.15, 0.2) is 17.6 Å². The second-order valence-electron chi connectivity index (χ2n) is 1.85. The zero-order valence-corrected chi connectivity index (χ0v) is 6.97. The largest absolute Gasteiger partial charge is 0.298 e. The molecule has 0 saturated heterocycles. The Morgan fingerprint density at radius 2 is 2.18 bits per heavy atom. The Morgan fingerprint density at radius 1 is 1.55 bits per heavy atom. The van der Waals surface area contributed by atoms with E-state index < -0.39 is 0 Å². The number of hydrogen-bond donors (Lipinski definition) is 0. The molecule has 1 rings (SSSR count). The number of carbonyl (C=O) groups is 1. The summed E-state index contributed by atoms with van der Waals surface area (Å²) < 4.78 is 0. The molecular formula is C7H8N2OS. The van der Waals surface area contributed by atoms with Gasteiger partial charge >= 0.3 is 0 Å². The SMILES string of the molecule is CCSc1ncc(C=O)cn1. The topological polar surface area (TPSA) is 42.9 Å². The van der Waals surface area contributed by atoms with Gasteiger partial charge in [0.15, 0.2) is 11.4 Å². The standard InChI is InChI=1S/C7H8N2OS/c1-2-11-7-8-3-6(5-10)4-9-7/h3-5H,2H2,1H3. The van der Waals surface area contributed by atoms with Gasteiger partial charge in [0.05, 0.1) is 5.56 Å². The molecule has 1 heterocycles. The van der Waals surface area contributed by atoms with Gasteiger partial charge in [0.2, 0.25) is 0 Å². The van der Waals surface area contributed by atoms with Gasteiger partial charge in [-0.1, -0.05) is 18.7 Å². The smallest absolute Gasteiger partial charge is 0.187 e. The fraction of sp³-hybridized carbons (Fsp3) is 0.286. The van der Waals surface area contributed by atoms with Crippen LogP contribution in [0.2, 0.25) is 0 Å². The van der Waals surface area contributed by atoms with Crippen molar-refractivity contribution in [2.75, 3.05) is 5.75 Å². The molecule has 1 aromatic heterocycles. The lowest BCUT2D eigenvalue weighted by Gasteiger charge is -1.94. The van der Waals surface area contributed by atoms with Gasteiger partial charge in [-0.05, 0) is 5.75 Å². The number of aromatic nitrogens is 2. The Balaban J connectivity index is 2.74. The zero-order chi connectivity index (χ0) is 8.10. The number of thioether (sulfide) groups is 1. The van der Waals surface area contributed by atoms with Crippen molar-refractivity contribution in [3.63, 3.8) is 0 Å². The van der Waals surface area contributed by atoms with Gasteiger partial charge in [0.25, 0.3) is 0 Å². The van der Waals surface area contributed by atoms with Crippen LogP contribution in [0, 0.1) is 0 Å². The Bertz CT molecular complexity index is 235. The normalized spacial score (nSPS) is 9.55. The van der Waals surface area contributed by atoms with Crippen molar-refractivity contribution in [3.05, 3.63) is 18.0 Å². The van der Waals surface area contributed by atoms with Crippen LogP contribution in [0.3, 0.4) is 0 Å². The Kier molecular flexibility index (Phi) is 3.04. The predicted molar refractivity (Wildman–Crippen MR) is 43.8 cm³/mol. The Hall–Kier alpha value is -0.900. The minimum atomic E-state index is 0.519. The lowest BCUT2D eigenvalue weighted by Crippen LogP contribution is -1.88. The van der Waals surface area contributed by atoms with Gasteiger partial charge in [0.1, 0.15) is 0 Å². The summed E-state index contributed by atoms with van der Waals surface area (Å²) >= 11 is 1.56. The van der Waals surface area contributed by atoms with Crippen LogP contribution < -0.4 is 0 Å². The molecule has 1 aromatic rings. The van der Waals surface area contributed by atoms with E-state index in [0.29, 0.717) is 5.56 Å². The van der Waals surface area contributed by atoms with Crippen LogP contribution >= 0.6 is 11.8 Å². The number of hydrogen-bond acceptors (Lipinski definition) is 4. The monoisotopic (exact) mass is 168 g/mol. The van der Waals surface area contributed by atoms with Crippen LogP contribution in [-0.2, 0) is 0 Å². The summed E-state index contributed by atoms with van der Waals surface area (Å²) in [4.78, 5) is 18.1. The average Bonchev–Trinajstić information content (AvgIpc) is 2.07. The van der Waals surface area contributed by atoms with Crippen molar-refractivity contribution in [1.29, 1.82) is 0 Å². The highest BCUT2D eigenvalue weighted by molar-refractivity contribution is 7.99. The first-order valence-corrected chi connectivity index (χ1v) is 4.25. The van der Waals surface area contributed by atoms with Crippen molar-refractivity contribution in [2.45, 2.75) is 12.1 Å². The summed E-state index contributed by atoms with van der Waals surface area (Å²) in [6, 6.07) is 0. The molecule has 0 aliphatic rings. The Morgan fingerprint density at radius 3 is 2.64 bits per heavy atom. The molecule has 58 valence electrons. The van der Waals surface area contributed by atoms with Gasteiger partial charge < -0.3 is 0 Å². The molecule has 0 atom stereocenters. The van der Waals surface area contributed by atoms with Gasteiger partial charge in [-0.2, -0.15) is 0 Å². The van der Waals surface area contributed by atoms with Gasteiger partial charge in [0, 0.05) is 12.4 Å². The van der Waals surface area contributed by atoms with Crippen LogP contribution in [0.4, 0.5) is 0 Å². The molecule has 0 bridgehead atoms. The summed E-state index contributed by atoms with van der Waals surface area (Å²) in [5.41, 5.74) is 0.519. The second-order valence-corrected chi connectivity index (χ2v) is 3.08. The predicted octanol–water partition coefficient (Wildman–Crippen LogP) is 1.40. The van der Waals surface area contributed by atoms with E-state index in [0.717, 1.165) is 17.2 Å².